The number of nitrogen functional groups attached to an aromatic ring is 1. The number of rotatable bonds is 5. The fourth-order valence-corrected chi connectivity index (χ4v) is 3.01. The second kappa shape index (κ2) is 10.5. The number of fused-ring (bicyclic) bond motifs is 1. The number of hydrogen-bond acceptors (Lipinski definition) is 5. The molecule has 6 N–H and O–H groups in total. The highest BCUT2D eigenvalue weighted by atomic mass is 19.4. The van der Waals surface area contributed by atoms with E-state index in [1.54, 1.807) is 36.4 Å². The Labute approximate surface area is 190 Å². The first-order valence-corrected chi connectivity index (χ1v) is 9.47. The van der Waals surface area contributed by atoms with Gasteiger partial charge in [0.05, 0.1) is 0 Å². The first kappa shape index (κ1) is 25.8. The molecule has 1 heterocycles. The molecule has 34 heavy (non-hydrogen) atoms. The monoisotopic (exact) mass is 480 g/mol. The molecule has 2 aromatic carbocycles. The highest BCUT2D eigenvalue weighted by Gasteiger charge is 2.38. The third kappa shape index (κ3) is 6.54. The van der Waals surface area contributed by atoms with E-state index in [4.69, 9.17) is 26.2 Å². The van der Waals surface area contributed by atoms with Gasteiger partial charge in [-0.2, -0.15) is 13.2 Å². The number of amides is 2. The molecule has 10 nitrogen and oxygen atoms in total. The minimum atomic E-state index is -5.08. The number of carbonyl (C=O) groups is 4. The third-order valence-corrected chi connectivity index (χ3v) is 4.60. The zero-order valence-electron chi connectivity index (χ0n) is 17.3. The van der Waals surface area contributed by atoms with E-state index >= 15 is 0 Å². The lowest BCUT2D eigenvalue weighted by molar-refractivity contribution is -0.192. The summed E-state index contributed by atoms with van der Waals surface area (Å²) >= 11 is 0. The second-order valence-corrected chi connectivity index (χ2v) is 6.97. The lowest BCUT2D eigenvalue weighted by Crippen LogP contribution is -2.56. The van der Waals surface area contributed by atoms with Gasteiger partial charge in [0.1, 0.15) is 18.5 Å². The number of nitrogens with zero attached hydrogens (tertiary/aromatic N) is 1. The van der Waals surface area contributed by atoms with Crippen LogP contribution in [0.1, 0.15) is 31.8 Å². The van der Waals surface area contributed by atoms with E-state index in [1.165, 1.54) is 12.1 Å². The van der Waals surface area contributed by atoms with Gasteiger partial charge < -0.3 is 26.2 Å². The molecule has 0 saturated heterocycles. The first-order valence-electron chi connectivity index (χ1n) is 9.47. The lowest BCUT2D eigenvalue weighted by atomic mass is 9.96. The average molecular weight is 480 g/mol. The summed E-state index contributed by atoms with van der Waals surface area (Å²) in [7, 11) is 0. The number of nitrogens with one attached hydrogen (secondary N) is 2. The largest absolute Gasteiger partial charge is 0.490 e. The number of benzene rings is 2. The van der Waals surface area contributed by atoms with Crippen LogP contribution in [0, 0.1) is 5.41 Å². The van der Waals surface area contributed by atoms with Crippen molar-refractivity contribution in [1.82, 2.24) is 10.2 Å². The van der Waals surface area contributed by atoms with Crippen LogP contribution in [0.15, 0.2) is 48.5 Å². The third-order valence-electron chi connectivity index (χ3n) is 4.60. The number of carbonyl (C=O) groups excluding carboxylic acids is 2. The van der Waals surface area contributed by atoms with Gasteiger partial charge in [0.15, 0.2) is 0 Å². The van der Waals surface area contributed by atoms with Crippen molar-refractivity contribution in [1.29, 1.82) is 5.41 Å². The Hall–Kier alpha value is -4.42. The van der Waals surface area contributed by atoms with Crippen molar-refractivity contribution in [3.05, 3.63) is 70.8 Å². The Morgan fingerprint density at radius 3 is 2.09 bits per heavy atom. The maximum Gasteiger partial charge on any atom is 0.490 e. The van der Waals surface area contributed by atoms with Crippen molar-refractivity contribution in [2.45, 2.75) is 18.8 Å². The van der Waals surface area contributed by atoms with Gasteiger partial charge in [0, 0.05) is 23.1 Å². The van der Waals surface area contributed by atoms with Gasteiger partial charge in [-0.1, -0.05) is 30.3 Å². The van der Waals surface area contributed by atoms with Gasteiger partial charge in [0.2, 0.25) is 0 Å². The maximum atomic E-state index is 12.7. The molecule has 1 aliphatic rings. The maximum absolute atomic E-state index is 12.7. The SMILES string of the molecule is N=C(N)c1ccc(C(=O)NC2Cc3ccccc3C(=O)N2CC(=O)O)cc1.O=C(O)C(F)(F)F. The molecule has 13 heteroatoms. The fraction of sp³-hybridized carbons (Fsp3) is 0.190. The quantitative estimate of drug-likeness (QED) is 0.318. The summed E-state index contributed by atoms with van der Waals surface area (Å²) < 4.78 is 31.7. The minimum Gasteiger partial charge on any atom is -0.480 e. The van der Waals surface area contributed by atoms with Crippen LogP contribution in [0.25, 0.3) is 0 Å². The Morgan fingerprint density at radius 2 is 1.59 bits per heavy atom. The molecular weight excluding hydrogens is 461 g/mol. The summed E-state index contributed by atoms with van der Waals surface area (Å²) in [5.74, 6) is -4.90. The molecule has 0 saturated carbocycles. The Balaban J connectivity index is 0.000000509. The predicted octanol–water partition coefficient (Wildman–Crippen LogP) is 1.44. The summed E-state index contributed by atoms with van der Waals surface area (Å²) in [6, 6.07) is 13.1. The number of carboxylic acid groups (broad SMARTS) is 2. The first-order chi connectivity index (χ1) is 15.8. The van der Waals surface area contributed by atoms with Crippen molar-refractivity contribution in [2.24, 2.45) is 5.73 Å². The number of hydrogen-bond donors (Lipinski definition) is 5. The van der Waals surface area contributed by atoms with Gasteiger partial charge >= 0.3 is 18.1 Å². The summed E-state index contributed by atoms with van der Waals surface area (Å²) in [5, 5.41) is 26.4. The van der Waals surface area contributed by atoms with Gasteiger partial charge in [-0.05, 0) is 23.8 Å². The smallest absolute Gasteiger partial charge is 0.480 e. The average Bonchev–Trinajstić information content (AvgIpc) is 2.76. The van der Waals surface area contributed by atoms with Gasteiger partial charge in [-0.25, -0.2) is 4.79 Å². The van der Waals surface area contributed by atoms with E-state index in [1.807, 2.05) is 0 Å². The molecule has 0 spiro atoms. The Bertz CT molecular complexity index is 1120. The van der Waals surface area contributed by atoms with E-state index in [0.29, 0.717) is 23.1 Å². The van der Waals surface area contributed by atoms with E-state index < -0.39 is 42.6 Å². The van der Waals surface area contributed by atoms with E-state index in [9.17, 15) is 27.6 Å². The van der Waals surface area contributed by atoms with E-state index in [-0.39, 0.29) is 5.84 Å². The molecule has 0 bridgehead atoms. The van der Waals surface area contributed by atoms with Crippen molar-refractivity contribution in [3.63, 3.8) is 0 Å². The number of halogens is 3. The molecule has 180 valence electrons. The van der Waals surface area contributed by atoms with Crippen LogP contribution >= 0.6 is 0 Å². The normalized spacial score (nSPS) is 14.9. The lowest BCUT2D eigenvalue weighted by Gasteiger charge is -2.36. The topological polar surface area (TPSA) is 174 Å². The molecule has 0 aliphatic carbocycles. The minimum absolute atomic E-state index is 0.107. The molecule has 0 aromatic heterocycles. The summed E-state index contributed by atoms with van der Waals surface area (Å²) in [5.41, 5.74) is 7.40. The van der Waals surface area contributed by atoms with Gasteiger partial charge in [-0.3, -0.25) is 19.8 Å². The molecule has 2 aromatic rings. The highest BCUT2D eigenvalue weighted by molar-refractivity contribution is 6.00. The van der Waals surface area contributed by atoms with Crippen LogP contribution in [0.4, 0.5) is 13.2 Å². The van der Waals surface area contributed by atoms with Crippen molar-refractivity contribution >= 4 is 29.6 Å². The summed E-state index contributed by atoms with van der Waals surface area (Å²) in [6.45, 7) is -0.513. The van der Waals surface area contributed by atoms with E-state index in [0.717, 1.165) is 10.5 Å². The highest BCUT2D eigenvalue weighted by Crippen LogP contribution is 2.22. The van der Waals surface area contributed by atoms with Crippen molar-refractivity contribution in [2.75, 3.05) is 6.54 Å². The summed E-state index contributed by atoms with van der Waals surface area (Å²) in [4.78, 5) is 46.5. The van der Waals surface area contributed by atoms with Crippen LogP contribution in [0.3, 0.4) is 0 Å². The van der Waals surface area contributed by atoms with Gasteiger partial charge in [-0.15, -0.1) is 0 Å². The van der Waals surface area contributed by atoms with Crippen molar-refractivity contribution < 1.29 is 42.6 Å². The van der Waals surface area contributed by atoms with Crippen molar-refractivity contribution in [3.8, 4) is 0 Å². The zero-order valence-corrected chi connectivity index (χ0v) is 17.3. The second-order valence-electron chi connectivity index (χ2n) is 6.97. The molecule has 0 fully saturated rings. The predicted molar refractivity (Wildman–Crippen MR) is 111 cm³/mol. The van der Waals surface area contributed by atoms with Crippen LogP contribution in [-0.4, -0.2) is 63.6 Å². The molecule has 2 amide bonds. The molecular formula is C21H19F3N4O6. The molecule has 3 rings (SSSR count). The number of nitrogens with two attached hydrogens (primary N) is 1. The molecule has 1 aliphatic heterocycles. The number of carboxylic acids is 2. The fourth-order valence-electron chi connectivity index (χ4n) is 3.01. The van der Waals surface area contributed by atoms with Crippen LogP contribution < -0.4 is 11.1 Å². The zero-order chi connectivity index (χ0) is 25.6. The molecule has 0 radical (unpaired) electrons. The van der Waals surface area contributed by atoms with Crippen LogP contribution in [0.5, 0.6) is 0 Å². The van der Waals surface area contributed by atoms with Crippen LogP contribution in [-0.2, 0) is 16.0 Å². The standard InChI is InChI=1S/C19H18N4O4.C2HF3O2/c20-17(21)11-5-7-12(8-6-11)18(26)22-15-9-13-3-1-2-4-14(13)19(27)23(15)10-16(24)25;3-2(4,5)1(6)7/h1-8,15H,9-10H2,(H3,20,21)(H,22,26)(H,24,25);(H,6,7). The van der Waals surface area contributed by atoms with Crippen LogP contribution in [0.2, 0.25) is 0 Å². The Kier molecular flexibility index (Phi) is 7.95. The number of amidine groups is 1. The van der Waals surface area contributed by atoms with E-state index in [2.05, 4.69) is 5.32 Å². The Morgan fingerprint density at radius 1 is 1.06 bits per heavy atom. The summed E-state index contributed by atoms with van der Waals surface area (Å²) in [6.07, 6.45) is -5.55. The molecule has 1 unspecified atom stereocenters. The number of alkyl halides is 3. The number of aliphatic carboxylic acids is 2. The van der Waals surface area contributed by atoms with Gasteiger partial charge in [0.25, 0.3) is 11.8 Å². The molecule has 1 atom stereocenters.